The van der Waals surface area contributed by atoms with Crippen LogP contribution in [0.1, 0.15) is 50.5 Å². The minimum Gasteiger partial charge on any atom is -0.481 e. The van der Waals surface area contributed by atoms with Gasteiger partial charge in [-0.05, 0) is 80.4 Å². The molecule has 4 aliphatic rings. The molecule has 0 radical (unpaired) electrons. The van der Waals surface area contributed by atoms with Crippen LogP contribution < -0.4 is 5.32 Å². The SMILES string of the molecule is O=C(O)CCc1cccc(NC(=O)C23CC4CC(CC(C4)C2)C3)c1. The maximum atomic E-state index is 13.0. The molecule has 0 spiro atoms. The molecule has 0 aliphatic heterocycles. The van der Waals surface area contributed by atoms with Gasteiger partial charge in [0.2, 0.25) is 5.91 Å². The number of benzene rings is 1. The van der Waals surface area contributed by atoms with Crippen molar-refractivity contribution in [1.82, 2.24) is 0 Å². The maximum Gasteiger partial charge on any atom is 0.303 e. The summed E-state index contributed by atoms with van der Waals surface area (Å²) >= 11 is 0. The van der Waals surface area contributed by atoms with Gasteiger partial charge in [-0.25, -0.2) is 0 Å². The van der Waals surface area contributed by atoms with Crippen LogP contribution in [0, 0.1) is 23.2 Å². The number of amides is 1. The number of carboxylic acids is 1. The molecule has 4 fully saturated rings. The first-order valence-corrected chi connectivity index (χ1v) is 9.15. The summed E-state index contributed by atoms with van der Waals surface area (Å²) in [4.78, 5) is 23.8. The number of aliphatic carboxylic acids is 1. The minimum atomic E-state index is -0.794. The van der Waals surface area contributed by atoms with E-state index in [1.54, 1.807) is 0 Å². The fraction of sp³-hybridized carbons (Fsp3) is 0.600. The molecule has 4 saturated carbocycles. The Kier molecular flexibility index (Phi) is 3.86. The van der Waals surface area contributed by atoms with E-state index < -0.39 is 5.97 Å². The van der Waals surface area contributed by atoms with Crippen molar-refractivity contribution in [3.05, 3.63) is 29.8 Å². The van der Waals surface area contributed by atoms with Crippen molar-refractivity contribution in [3.63, 3.8) is 0 Å². The van der Waals surface area contributed by atoms with Gasteiger partial charge in [-0.1, -0.05) is 12.1 Å². The maximum absolute atomic E-state index is 13.0. The van der Waals surface area contributed by atoms with Crippen molar-refractivity contribution < 1.29 is 14.7 Å². The smallest absolute Gasteiger partial charge is 0.303 e. The van der Waals surface area contributed by atoms with E-state index in [-0.39, 0.29) is 17.7 Å². The summed E-state index contributed by atoms with van der Waals surface area (Å²) in [6.45, 7) is 0. The standard InChI is InChI=1S/C20H25NO3/c22-18(23)5-4-13-2-1-3-17(9-13)21-19(24)20-10-14-6-15(11-20)8-16(7-14)12-20/h1-3,9,14-16H,4-8,10-12H2,(H,21,24)(H,22,23). The second kappa shape index (κ2) is 5.91. The Morgan fingerprint density at radius 2 is 1.71 bits per heavy atom. The molecule has 1 aromatic rings. The molecule has 1 aromatic carbocycles. The van der Waals surface area contributed by atoms with Crippen LogP contribution in [-0.2, 0) is 16.0 Å². The van der Waals surface area contributed by atoms with E-state index >= 15 is 0 Å². The Morgan fingerprint density at radius 3 is 2.29 bits per heavy atom. The molecule has 2 N–H and O–H groups in total. The van der Waals surface area contributed by atoms with E-state index in [4.69, 9.17) is 5.11 Å². The van der Waals surface area contributed by atoms with Crippen molar-refractivity contribution >= 4 is 17.6 Å². The van der Waals surface area contributed by atoms with Crippen LogP contribution in [-0.4, -0.2) is 17.0 Å². The highest BCUT2D eigenvalue weighted by Gasteiger charge is 2.54. The van der Waals surface area contributed by atoms with Gasteiger partial charge in [0, 0.05) is 12.1 Å². The molecule has 4 nitrogen and oxygen atoms in total. The molecule has 0 heterocycles. The van der Waals surface area contributed by atoms with Crippen LogP contribution in [0.25, 0.3) is 0 Å². The summed E-state index contributed by atoms with van der Waals surface area (Å²) in [7, 11) is 0. The molecule has 128 valence electrons. The molecule has 24 heavy (non-hydrogen) atoms. The monoisotopic (exact) mass is 327 g/mol. The van der Waals surface area contributed by atoms with Crippen molar-refractivity contribution in [1.29, 1.82) is 0 Å². The number of anilines is 1. The van der Waals surface area contributed by atoms with Gasteiger partial charge in [-0.2, -0.15) is 0 Å². The fourth-order valence-electron chi connectivity index (χ4n) is 5.71. The number of aryl methyl sites for hydroxylation is 1. The van der Waals surface area contributed by atoms with E-state index in [1.807, 2.05) is 24.3 Å². The topological polar surface area (TPSA) is 66.4 Å². The zero-order valence-corrected chi connectivity index (χ0v) is 14.0. The van der Waals surface area contributed by atoms with E-state index in [1.165, 1.54) is 19.3 Å². The molecule has 0 unspecified atom stereocenters. The van der Waals surface area contributed by atoms with Gasteiger partial charge in [0.1, 0.15) is 0 Å². The van der Waals surface area contributed by atoms with Crippen LogP contribution in [0.15, 0.2) is 24.3 Å². The number of hydrogen-bond acceptors (Lipinski definition) is 2. The summed E-state index contributed by atoms with van der Waals surface area (Å²) in [5.74, 6) is 1.66. The van der Waals surface area contributed by atoms with Crippen LogP contribution >= 0.6 is 0 Å². The first-order chi connectivity index (χ1) is 11.5. The van der Waals surface area contributed by atoms with Gasteiger partial charge in [0.15, 0.2) is 0 Å². The fourth-order valence-corrected chi connectivity index (χ4v) is 5.71. The minimum absolute atomic E-state index is 0.117. The molecule has 0 aromatic heterocycles. The summed E-state index contributed by atoms with van der Waals surface area (Å²) in [6.07, 6.45) is 7.78. The predicted molar refractivity (Wildman–Crippen MR) is 91.6 cm³/mol. The summed E-state index contributed by atoms with van der Waals surface area (Å²) in [5.41, 5.74) is 1.62. The second-order valence-corrected chi connectivity index (χ2v) is 8.25. The highest BCUT2D eigenvalue weighted by molar-refractivity contribution is 5.95. The lowest BCUT2D eigenvalue weighted by Crippen LogP contribution is -2.51. The molecular weight excluding hydrogens is 302 g/mol. The van der Waals surface area contributed by atoms with E-state index in [0.29, 0.717) is 6.42 Å². The number of carbonyl (C=O) groups is 2. The molecule has 4 heteroatoms. The Bertz CT molecular complexity index is 631. The largest absolute Gasteiger partial charge is 0.481 e. The third-order valence-corrected chi connectivity index (χ3v) is 6.33. The number of hydrogen-bond donors (Lipinski definition) is 2. The zero-order chi connectivity index (χ0) is 16.7. The summed E-state index contributed by atoms with van der Waals surface area (Å²) in [5, 5.41) is 12.0. The average molecular weight is 327 g/mol. The van der Waals surface area contributed by atoms with Crippen LogP contribution in [0.4, 0.5) is 5.69 Å². The van der Waals surface area contributed by atoms with Gasteiger partial charge >= 0.3 is 5.97 Å². The Morgan fingerprint density at radius 1 is 1.08 bits per heavy atom. The van der Waals surface area contributed by atoms with Crippen LogP contribution in [0.3, 0.4) is 0 Å². The van der Waals surface area contributed by atoms with Crippen molar-refractivity contribution in [2.24, 2.45) is 23.2 Å². The second-order valence-electron chi connectivity index (χ2n) is 8.25. The molecule has 4 bridgehead atoms. The van der Waals surface area contributed by atoms with Gasteiger partial charge < -0.3 is 10.4 Å². The highest BCUT2D eigenvalue weighted by atomic mass is 16.4. The Hall–Kier alpha value is -1.84. The molecule has 1 amide bonds. The van der Waals surface area contributed by atoms with Gasteiger partial charge in [-0.15, -0.1) is 0 Å². The zero-order valence-electron chi connectivity index (χ0n) is 14.0. The molecule has 5 rings (SSSR count). The lowest BCUT2D eigenvalue weighted by atomic mass is 9.49. The van der Waals surface area contributed by atoms with Gasteiger partial charge in [0.25, 0.3) is 0 Å². The summed E-state index contributed by atoms with van der Waals surface area (Å²) < 4.78 is 0. The number of carboxylic acid groups (broad SMARTS) is 1. The van der Waals surface area contributed by atoms with Gasteiger partial charge in [-0.3, -0.25) is 9.59 Å². The Labute approximate surface area is 142 Å². The van der Waals surface area contributed by atoms with Crippen LogP contribution in [0.5, 0.6) is 0 Å². The molecular formula is C20H25NO3. The Balaban J connectivity index is 1.46. The first kappa shape index (κ1) is 15.7. The number of carbonyl (C=O) groups excluding carboxylic acids is 1. The molecule has 4 aliphatic carbocycles. The van der Waals surface area contributed by atoms with Crippen molar-refractivity contribution in [3.8, 4) is 0 Å². The molecule has 0 atom stereocenters. The predicted octanol–water partition coefficient (Wildman–Crippen LogP) is 3.86. The van der Waals surface area contributed by atoms with Gasteiger partial charge in [0.05, 0.1) is 5.41 Å². The molecule has 0 saturated heterocycles. The van der Waals surface area contributed by atoms with E-state index in [9.17, 15) is 9.59 Å². The quantitative estimate of drug-likeness (QED) is 0.863. The number of nitrogens with one attached hydrogen (secondary N) is 1. The third kappa shape index (κ3) is 2.94. The first-order valence-electron chi connectivity index (χ1n) is 9.15. The summed E-state index contributed by atoms with van der Waals surface area (Å²) in [6, 6.07) is 7.64. The highest BCUT2D eigenvalue weighted by Crippen LogP contribution is 2.60. The van der Waals surface area contributed by atoms with Crippen LogP contribution in [0.2, 0.25) is 0 Å². The lowest BCUT2D eigenvalue weighted by molar-refractivity contribution is -0.140. The van der Waals surface area contributed by atoms with Crippen molar-refractivity contribution in [2.45, 2.75) is 51.4 Å². The average Bonchev–Trinajstić information content (AvgIpc) is 2.52. The lowest BCUT2D eigenvalue weighted by Gasteiger charge is -2.55. The third-order valence-electron chi connectivity index (χ3n) is 6.33. The number of rotatable bonds is 5. The van der Waals surface area contributed by atoms with E-state index in [2.05, 4.69) is 5.32 Å². The van der Waals surface area contributed by atoms with E-state index in [0.717, 1.165) is 48.3 Å². The normalized spacial score (nSPS) is 33.4. The van der Waals surface area contributed by atoms with Crippen molar-refractivity contribution in [2.75, 3.05) is 5.32 Å².